The zero-order valence-electron chi connectivity index (χ0n) is 24.8. The second-order valence-corrected chi connectivity index (χ2v) is 12.9. The van der Waals surface area contributed by atoms with E-state index in [4.69, 9.17) is 35.1 Å². The first-order valence-electron chi connectivity index (χ1n) is 14.2. The number of hydrogen-bond donors (Lipinski definition) is 0. The van der Waals surface area contributed by atoms with Crippen molar-refractivity contribution in [2.45, 2.75) is 20.3 Å². The van der Waals surface area contributed by atoms with Gasteiger partial charge in [-0.3, -0.25) is 9.46 Å². The van der Waals surface area contributed by atoms with Gasteiger partial charge in [-0.05, 0) is 46.5 Å². The first-order chi connectivity index (χ1) is 19.7. The van der Waals surface area contributed by atoms with E-state index in [1.165, 1.54) is 0 Å². The van der Waals surface area contributed by atoms with Crippen molar-refractivity contribution in [2.24, 2.45) is 0 Å². The number of benzene rings is 1. The number of methoxy groups -OCH3 is 1. The molecule has 3 heterocycles. The maximum atomic E-state index is 12.8. The fraction of sp³-hybridized carbons (Fsp3) is 0.552. The van der Waals surface area contributed by atoms with E-state index < -0.39 is 7.60 Å². The SMILES string of the molecule is CCOP(=O)(CCN1CCN(c2ccn3cc(-c4cc(Cl)c(OC)cc4OCCCN(C)C)nc3c2)CC1)OCC. The van der Waals surface area contributed by atoms with Crippen LogP contribution < -0.4 is 14.4 Å². The van der Waals surface area contributed by atoms with Crippen LogP contribution in [0.5, 0.6) is 11.5 Å². The van der Waals surface area contributed by atoms with Gasteiger partial charge < -0.3 is 32.7 Å². The Morgan fingerprint density at radius 3 is 2.44 bits per heavy atom. The van der Waals surface area contributed by atoms with Crippen LogP contribution in [0.4, 0.5) is 5.69 Å². The van der Waals surface area contributed by atoms with Gasteiger partial charge in [-0.2, -0.15) is 0 Å². The standard InChI is InChI=1S/C29H43ClN5O5P/c1-6-39-41(36,40-7-2)18-16-33-12-14-34(15-13-33)23-9-11-35-22-26(31-29(35)19-23)24-20-25(30)28(37-5)21-27(24)38-17-8-10-32(3)4/h9,11,19-22H,6-8,10,12-18H2,1-5H3. The lowest BCUT2D eigenvalue weighted by atomic mass is 10.1. The summed E-state index contributed by atoms with van der Waals surface area (Å²) in [5.74, 6) is 1.27. The fourth-order valence-corrected chi connectivity index (χ4v) is 6.81. The minimum atomic E-state index is -3.03. The number of imidazole rings is 1. The summed E-state index contributed by atoms with van der Waals surface area (Å²) < 4.78 is 37.3. The number of nitrogens with zero attached hydrogens (tertiary/aromatic N) is 5. The van der Waals surface area contributed by atoms with Gasteiger partial charge in [0.2, 0.25) is 0 Å². The Morgan fingerprint density at radius 1 is 1.05 bits per heavy atom. The average molecular weight is 608 g/mol. The summed E-state index contributed by atoms with van der Waals surface area (Å²) in [5, 5.41) is 0.512. The number of piperazine rings is 1. The third kappa shape index (κ3) is 8.37. The molecule has 226 valence electrons. The number of aromatic nitrogens is 2. The van der Waals surface area contributed by atoms with Crippen LogP contribution in [0.25, 0.3) is 16.9 Å². The molecular weight excluding hydrogens is 565 g/mol. The van der Waals surface area contributed by atoms with E-state index in [1.807, 2.05) is 56.9 Å². The number of halogens is 1. The van der Waals surface area contributed by atoms with Crippen LogP contribution in [0, 0.1) is 0 Å². The van der Waals surface area contributed by atoms with Gasteiger partial charge >= 0.3 is 7.60 Å². The van der Waals surface area contributed by atoms with Crippen LogP contribution in [0.15, 0.2) is 36.7 Å². The number of fused-ring (bicyclic) bond motifs is 1. The largest absolute Gasteiger partial charge is 0.495 e. The molecule has 10 nitrogen and oxygen atoms in total. The van der Waals surface area contributed by atoms with Gasteiger partial charge in [0, 0.05) is 75.0 Å². The Morgan fingerprint density at radius 2 is 1.78 bits per heavy atom. The monoisotopic (exact) mass is 607 g/mol. The molecule has 2 aromatic heterocycles. The molecule has 12 heteroatoms. The zero-order chi connectivity index (χ0) is 29.4. The number of ether oxygens (including phenoxy) is 2. The van der Waals surface area contributed by atoms with E-state index in [0.717, 1.165) is 61.7 Å². The first kappa shape index (κ1) is 31.6. The molecule has 0 unspecified atom stereocenters. The van der Waals surface area contributed by atoms with E-state index in [2.05, 4.69) is 26.8 Å². The smallest absolute Gasteiger partial charge is 0.331 e. The van der Waals surface area contributed by atoms with Gasteiger partial charge in [-0.1, -0.05) is 11.6 Å². The van der Waals surface area contributed by atoms with Crippen LogP contribution in [0.3, 0.4) is 0 Å². The summed E-state index contributed by atoms with van der Waals surface area (Å²) >= 11 is 6.51. The molecule has 0 N–H and O–H groups in total. The molecule has 0 aliphatic carbocycles. The average Bonchev–Trinajstić information content (AvgIpc) is 3.38. The van der Waals surface area contributed by atoms with E-state index in [0.29, 0.717) is 49.0 Å². The third-order valence-electron chi connectivity index (χ3n) is 7.06. The Labute approximate surface area is 248 Å². The minimum absolute atomic E-state index is 0.389. The fourth-order valence-electron chi connectivity index (χ4n) is 4.92. The van der Waals surface area contributed by atoms with Crippen molar-refractivity contribution in [1.82, 2.24) is 19.2 Å². The van der Waals surface area contributed by atoms with Gasteiger partial charge in [-0.25, -0.2) is 4.98 Å². The highest BCUT2D eigenvalue weighted by molar-refractivity contribution is 7.53. The highest BCUT2D eigenvalue weighted by atomic mass is 35.5. The molecule has 4 rings (SSSR count). The Kier molecular flexibility index (Phi) is 11.3. The molecule has 1 aliphatic heterocycles. The van der Waals surface area contributed by atoms with Gasteiger partial charge in [0.25, 0.3) is 0 Å². The molecular formula is C29H43ClN5O5P. The summed E-state index contributed by atoms with van der Waals surface area (Å²) in [4.78, 5) is 11.8. The molecule has 0 amide bonds. The molecule has 1 aromatic carbocycles. The van der Waals surface area contributed by atoms with Crippen LogP contribution in [0.2, 0.25) is 5.02 Å². The lowest BCUT2D eigenvalue weighted by molar-refractivity contribution is 0.210. The first-order valence-corrected chi connectivity index (χ1v) is 16.4. The molecule has 0 spiro atoms. The third-order valence-corrected chi connectivity index (χ3v) is 9.41. The number of anilines is 1. The summed E-state index contributed by atoms with van der Waals surface area (Å²) in [6.45, 7) is 10.2. The van der Waals surface area contributed by atoms with E-state index in [1.54, 1.807) is 7.11 Å². The molecule has 1 saturated heterocycles. The molecule has 1 aliphatic rings. The van der Waals surface area contributed by atoms with E-state index in [-0.39, 0.29) is 0 Å². The quantitative estimate of drug-likeness (QED) is 0.167. The van der Waals surface area contributed by atoms with Crippen LogP contribution in [-0.4, -0.2) is 106 Å². The second kappa shape index (κ2) is 14.7. The van der Waals surface area contributed by atoms with Crippen molar-refractivity contribution in [1.29, 1.82) is 0 Å². The summed E-state index contributed by atoms with van der Waals surface area (Å²) in [5.41, 5.74) is 3.58. The molecule has 0 radical (unpaired) electrons. The molecule has 1 fully saturated rings. The second-order valence-electron chi connectivity index (χ2n) is 10.3. The molecule has 0 bridgehead atoms. The van der Waals surface area contributed by atoms with Gasteiger partial charge in [0.15, 0.2) is 0 Å². The summed E-state index contributed by atoms with van der Waals surface area (Å²) in [6.07, 6.45) is 5.35. The Hall–Kier alpha value is -2.33. The normalized spacial score (nSPS) is 14.8. The lowest BCUT2D eigenvalue weighted by Gasteiger charge is -2.36. The Balaban J connectivity index is 1.45. The van der Waals surface area contributed by atoms with Crippen molar-refractivity contribution in [3.63, 3.8) is 0 Å². The van der Waals surface area contributed by atoms with E-state index in [9.17, 15) is 4.57 Å². The maximum Gasteiger partial charge on any atom is 0.331 e. The number of pyridine rings is 1. The predicted molar refractivity (Wildman–Crippen MR) is 165 cm³/mol. The molecule has 0 atom stereocenters. The lowest BCUT2D eigenvalue weighted by Crippen LogP contribution is -2.47. The summed E-state index contributed by atoms with van der Waals surface area (Å²) in [7, 11) is 2.67. The van der Waals surface area contributed by atoms with Crippen LogP contribution in [0.1, 0.15) is 20.3 Å². The molecule has 0 saturated carbocycles. The maximum absolute atomic E-state index is 12.8. The highest BCUT2D eigenvalue weighted by Gasteiger charge is 2.26. The highest BCUT2D eigenvalue weighted by Crippen LogP contribution is 2.47. The minimum Gasteiger partial charge on any atom is -0.495 e. The van der Waals surface area contributed by atoms with Crippen molar-refractivity contribution >= 4 is 30.5 Å². The topological polar surface area (TPSA) is 81.0 Å². The van der Waals surface area contributed by atoms with Gasteiger partial charge in [-0.15, -0.1) is 0 Å². The van der Waals surface area contributed by atoms with Crippen molar-refractivity contribution in [3.8, 4) is 22.8 Å². The van der Waals surface area contributed by atoms with Crippen molar-refractivity contribution in [2.75, 3.05) is 91.4 Å². The van der Waals surface area contributed by atoms with Gasteiger partial charge in [0.05, 0.1) is 43.8 Å². The Bertz CT molecular complexity index is 1320. The predicted octanol–water partition coefficient (Wildman–Crippen LogP) is 5.38. The van der Waals surface area contributed by atoms with Crippen molar-refractivity contribution in [3.05, 3.63) is 41.7 Å². The molecule has 3 aromatic rings. The van der Waals surface area contributed by atoms with Crippen LogP contribution in [-0.2, 0) is 13.6 Å². The van der Waals surface area contributed by atoms with Gasteiger partial charge in [0.1, 0.15) is 17.1 Å². The number of hydrogen-bond acceptors (Lipinski definition) is 9. The van der Waals surface area contributed by atoms with Crippen LogP contribution >= 0.6 is 19.2 Å². The zero-order valence-corrected chi connectivity index (χ0v) is 26.5. The molecule has 41 heavy (non-hydrogen) atoms. The summed E-state index contributed by atoms with van der Waals surface area (Å²) in [6, 6.07) is 7.93. The van der Waals surface area contributed by atoms with E-state index >= 15 is 0 Å². The van der Waals surface area contributed by atoms with Crippen molar-refractivity contribution < 1.29 is 23.1 Å². The number of rotatable bonds is 15.